The third kappa shape index (κ3) is 2.10. The third-order valence-electron chi connectivity index (χ3n) is 5.44. The van der Waals surface area contributed by atoms with Crippen LogP contribution in [0.15, 0.2) is 22.8 Å². The van der Waals surface area contributed by atoms with Crippen LogP contribution in [0.5, 0.6) is 0 Å². The van der Waals surface area contributed by atoms with Gasteiger partial charge < -0.3 is 20.2 Å². The summed E-state index contributed by atoms with van der Waals surface area (Å²) < 4.78 is 11.3. The highest BCUT2D eigenvalue weighted by molar-refractivity contribution is 5.20. The van der Waals surface area contributed by atoms with Crippen LogP contribution in [0.3, 0.4) is 0 Å². The van der Waals surface area contributed by atoms with E-state index in [9.17, 15) is 0 Å². The van der Waals surface area contributed by atoms with Crippen molar-refractivity contribution in [2.45, 2.75) is 44.8 Å². The molecule has 3 N–H and O–H groups in total. The molecule has 1 aromatic heterocycles. The van der Waals surface area contributed by atoms with E-state index in [4.69, 9.17) is 14.9 Å². The number of rotatable bonds is 5. The van der Waals surface area contributed by atoms with Gasteiger partial charge in [-0.3, -0.25) is 0 Å². The van der Waals surface area contributed by atoms with Crippen LogP contribution in [0.1, 0.15) is 32.4 Å². The first-order valence-electron chi connectivity index (χ1n) is 7.69. The van der Waals surface area contributed by atoms with E-state index in [0.717, 1.165) is 38.3 Å². The van der Waals surface area contributed by atoms with Gasteiger partial charge in [0.25, 0.3) is 0 Å². The lowest BCUT2D eigenvalue weighted by molar-refractivity contribution is -0.225. The summed E-state index contributed by atoms with van der Waals surface area (Å²) in [6, 6.07) is 3.94. The van der Waals surface area contributed by atoms with E-state index in [-0.39, 0.29) is 11.0 Å². The predicted molar refractivity (Wildman–Crippen MR) is 78.4 cm³/mol. The molecular formula is C16H26N2O2. The normalized spacial score (nSPS) is 35.4. The molecule has 1 aliphatic heterocycles. The maximum Gasteiger partial charge on any atom is 0.105 e. The van der Waals surface area contributed by atoms with Crippen molar-refractivity contribution in [1.29, 1.82) is 0 Å². The molecule has 0 amide bonds. The molecule has 1 saturated carbocycles. The molecule has 1 aliphatic carbocycles. The smallest absolute Gasteiger partial charge is 0.105 e. The Labute approximate surface area is 121 Å². The molecule has 0 bridgehead atoms. The van der Waals surface area contributed by atoms with E-state index in [0.29, 0.717) is 12.0 Å². The van der Waals surface area contributed by atoms with Gasteiger partial charge in [0.05, 0.1) is 12.4 Å². The molecule has 112 valence electrons. The second-order valence-corrected chi connectivity index (χ2v) is 6.81. The van der Waals surface area contributed by atoms with Gasteiger partial charge in [0, 0.05) is 43.0 Å². The number of furan rings is 1. The highest BCUT2D eigenvalue weighted by Gasteiger charge is 2.65. The fourth-order valence-corrected chi connectivity index (χ4v) is 3.99. The van der Waals surface area contributed by atoms with E-state index in [2.05, 4.69) is 19.2 Å². The van der Waals surface area contributed by atoms with Gasteiger partial charge in [-0.05, 0) is 25.0 Å². The SMILES string of the molecule is CC1(C)C2OCCCC2C1(N)CNCCc1ccco1. The van der Waals surface area contributed by atoms with Crippen molar-refractivity contribution in [3.05, 3.63) is 24.2 Å². The summed E-state index contributed by atoms with van der Waals surface area (Å²) in [5, 5.41) is 3.51. The van der Waals surface area contributed by atoms with Crippen LogP contribution in [0, 0.1) is 11.3 Å². The van der Waals surface area contributed by atoms with Crippen molar-refractivity contribution in [2.75, 3.05) is 19.7 Å². The Morgan fingerprint density at radius 1 is 1.45 bits per heavy atom. The number of ether oxygens (including phenoxy) is 1. The predicted octanol–water partition coefficient (Wildman–Crippen LogP) is 1.94. The average molecular weight is 278 g/mol. The molecule has 3 atom stereocenters. The maximum absolute atomic E-state index is 6.73. The molecular weight excluding hydrogens is 252 g/mol. The van der Waals surface area contributed by atoms with Crippen molar-refractivity contribution in [2.24, 2.45) is 17.1 Å². The zero-order valence-corrected chi connectivity index (χ0v) is 12.5. The molecule has 0 radical (unpaired) electrons. The first-order chi connectivity index (χ1) is 9.56. The zero-order valence-electron chi connectivity index (χ0n) is 12.5. The standard InChI is InChI=1S/C16H26N2O2/c1-15(2)14-13(6-4-10-20-14)16(15,17)11-18-8-7-12-5-3-9-19-12/h3,5,9,13-14,18H,4,6-8,10-11,17H2,1-2H3. The van der Waals surface area contributed by atoms with E-state index < -0.39 is 0 Å². The van der Waals surface area contributed by atoms with E-state index in [1.807, 2.05) is 12.1 Å². The molecule has 1 aromatic rings. The second kappa shape index (κ2) is 5.17. The van der Waals surface area contributed by atoms with Gasteiger partial charge in [-0.25, -0.2) is 0 Å². The first-order valence-corrected chi connectivity index (χ1v) is 7.69. The minimum absolute atomic E-state index is 0.0514. The maximum atomic E-state index is 6.73. The molecule has 2 heterocycles. The second-order valence-electron chi connectivity index (χ2n) is 6.81. The molecule has 3 unspecified atom stereocenters. The zero-order chi connectivity index (χ0) is 14.2. The number of nitrogens with one attached hydrogen (secondary N) is 1. The quantitative estimate of drug-likeness (QED) is 0.808. The Hall–Kier alpha value is -0.840. The molecule has 4 nitrogen and oxygen atoms in total. The molecule has 0 spiro atoms. The topological polar surface area (TPSA) is 60.4 Å². The van der Waals surface area contributed by atoms with Gasteiger partial charge in [0.2, 0.25) is 0 Å². The van der Waals surface area contributed by atoms with Crippen LogP contribution >= 0.6 is 0 Å². The first kappa shape index (κ1) is 14.1. The molecule has 2 aliphatic rings. The Balaban J connectivity index is 1.53. The fraction of sp³-hybridized carbons (Fsp3) is 0.750. The van der Waals surface area contributed by atoms with Gasteiger partial charge in [0.1, 0.15) is 5.76 Å². The van der Waals surface area contributed by atoms with Crippen LogP contribution in [-0.2, 0) is 11.2 Å². The summed E-state index contributed by atoms with van der Waals surface area (Å²) >= 11 is 0. The summed E-state index contributed by atoms with van der Waals surface area (Å²) in [5.74, 6) is 1.53. The molecule has 0 aromatic carbocycles. The Kier molecular flexibility index (Phi) is 3.65. The number of fused-ring (bicyclic) bond motifs is 1. The Bertz CT molecular complexity index is 443. The Morgan fingerprint density at radius 3 is 3.05 bits per heavy atom. The third-order valence-corrected chi connectivity index (χ3v) is 5.44. The lowest BCUT2D eigenvalue weighted by Gasteiger charge is -2.66. The minimum atomic E-state index is -0.152. The summed E-state index contributed by atoms with van der Waals surface area (Å²) in [7, 11) is 0. The van der Waals surface area contributed by atoms with Crippen molar-refractivity contribution >= 4 is 0 Å². The van der Waals surface area contributed by atoms with E-state index in [1.165, 1.54) is 6.42 Å². The molecule has 20 heavy (non-hydrogen) atoms. The molecule has 4 heteroatoms. The fourth-order valence-electron chi connectivity index (χ4n) is 3.99. The summed E-state index contributed by atoms with van der Waals surface area (Å²) in [6.07, 6.45) is 5.31. The molecule has 1 saturated heterocycles. The van der Waals surface area contributed by atoms with Crippen molar-refractivity contribution in [3.63, 3.8) is 0 Å². The van der Waals surface area contributed by atoms with Crippen LogP contribution in [0.2, 0.25) is 0 Å². The molecule has 3 rings (SSSR count). The van der Waals surface area contributed by atoms with Crippen molar-refractivity contribution < 1.29 is 9.15 Å². The number of hydrogen-bond donors (Lipinski definition) is 2. The Morgan fingerprint density at radius 2 is 2.30 bits per heavy atom. The summed E-state index contributed by atoms with van der Waals surface area (Å²) in [6.45, 7) is 7.14. The van der Waals surface area contributed by atoms with Crippen molar-refractivity contribution in [1.82, 2.24) is 5.32 Å². The van der Waals surface area contributed by atoms with E-state index >= 15 is 0 Å². The molecule has 2 fully saturated rings. The minimum Gasteiger partial charge on any atom is -0.469 e. The number of nitrogens with two attached hydrogens (primary N) is 1. The van der Waals surface area contributed by atoms with Crippen LogP contribution in [0.25, 0.3) is 0 Å². The van der Waals surface area contributed by atoms with Crippen LogP contribution < -0.4 is 11.1 Å². The van der Waals surface area contributed by atoms with Crippen LogP contribution in [-0.4, -0.2) is 31.3 Å². The summed E-state index contributed by atoms with van der Waals surface area (Å²) in [4.78, 5) is 0. The lowest BCUT2D eigenvalue weighted by Crippen LogP contribution is -2.80. The van der Waals surface area contributed by atoms with Crippen molar-refractivity contribution in [3.8, 4) is 0 Å². The highest BCUT2D eigenvalue weighted by atomic mass is 16.5. The van der Waals surface area contributed by atoms with E-state index in [1.54, 1.807) is 6.26 Å². The largest absolute Gasteiger partial charge is 0.469 e. The lowest BCUT2D eigenvalue weighted by atomic mass is 9.46. The highest BCUT2D eigenvalue weighted by Crippen LogP contribution is 2.56. The monoisotopic (exact) mass is 278 g/mol. The van der Waals surface area contributed by atoms with Gasteiger partial charge in [-0.2, -0.15) is 0 Å². The van der Waals surface area contributed by atoms with Crippen LogP contribution in [0.4, 0.5) is 0 Å². The number of hydrogen-bond acceptors (Lipinski definition) is 4. The van der Waals surface area contributed by atoms with Gasteiger partial charge in [-0.1, -0.05) is 13.8 Å². The van der Waals surface area contributed by atoms with Gasteiger partial charge >= 0.3 is 0 Å². The van der Waals surface area contributed by atoms with Gasteiger partial charge in [-0.15, -0.1) is 0 Å². The summed E-state index contributed by atoms with van der Waals surface area (Å²) in [5.41, 5.74) is 6.63. The van der Waals surface area contributed by atoms with Gasteiger partial charge in [0.15, 0.2) is 0 Å². The average Bonchev–Trinajstić information content (AvgIpc) is 2.96.